The number of carbonyl (C=O) groups is 1. The van der Waals surface area contributed by atoms with Gasteiger partial charge in [0.05, 0.1) is 17.0 Å². The van der Waals surface area contributed by atoms with Crippen LogP contribution in [0, 0.1) is 0 Å². The van der Waals surface area contributed by atoms with E-state index < -0.39 is 39.1 Å². The maximum absolute atomic E-state index is 13.3. The van der Waals surface area contributed by atoms with Gasteiger partial charge in [-0.05, 0) is 48.0 Å². The molecule has 11 heteroatoms. The van der Waals surface area contributed by atoms with Gasteiger partial charge in [-0.3, -0.25) is 14.1 Å². The minimum absolute atomic E-state index is 0.0855. The molecule has 0 atom stereocenters. The number of aromatic nitrogens is 1. The summed E-state index contributed by atoms with van der Waals surface area (Å²) in [6.45, 7) is -0.311. The van der Waals surface area contributed by atoms with E-state index in [2.05, 4.69) is 10.3 Å². The van der Waals surface area contributed by atoms with E-state index >= 15 is 0 Å². The van der Waals surface area contributed by atoms with Crippen LogP contribution in [0.15, 0.2) is 83.6 Å². The highest BCUT2D eigenvalue weighted by Crippen LogP contribution is 2.37. The normalized spacial score (nSPS) is 15.2. The quantitative estimate of drug-likeness (QED) is 0.590. The Morgan fingerprint density at radius 2 is 1.73 bits per heavy atom. The number of sulfonamides is 1. The molecule has 3 aromatic rings. The summed E-state index contributed by atoms with van der Waals surface area (Å²) in [5, 5.41) is 13.1. The number of hydrogen-bond donors (Lipinski definition) is 2. The summed E-state index contributed by atoms with van der Waals surface area (Å²) in [6, 6.07) is 12.6. The minimum Gasteiger partial charge on any atom is -0.505 e. The van der Waals surface area contributed by atoms with Crippen LogP contribution in [0.25, 0.3) is 5.76 Å². The third kappa shape index (κ3) is 4.27. The first-order chi connectivity index (χ1) is 15.6. The van der Waals surface area contributed by atoms with Crippen molar-refractivity contribution < 1.29 is 31.5 Å². The van der Waals surface area contributed by atoms with Crippen LogP contribution in [0.1, 0.15) is 16.7 Å². The van der Waals surface area contributed by atoms with Gasteiger partial charge in [-0.15, -0.1) is 0 Å². The first-order valence-corrected chi connectivity index (χ1v) is 11.0. The van der Waals surface area contributed by atoms with E-state index in [9.17, 15) is 31.5 Å². The SMILES string of the molecule is O=C(Nc1cccc(C(F)(F)F)c1)C1=C(O)c2ccccc2S(=O)(=O)N1Cc1ccncc1. The maximum atomic E-state index is 13.3. The number of carbonyl (C=O) groups excluding carboxylic acids is 1. The summed E-state index contributed by atoms with van der Waals surface area (Å²) >= 11 is 0. The molecule has 1 amide bonds. The van der Waals surface area contributed by atoms with Crippen molar-refractivity contribution in [2.24, 2.45) is 0 Å². The molecule has 0 unspecified atom stereocenters. The van der Waals surface area contributed by atoms with Crippen molar-refractivity contribution in [2.45, 2.75) is 17.6 Å². The van der Waals surface area contributed by atoms with E-state index in [0.717, 1.165) is 16.4 Å². The number of pyridine rings is 1. The van der Waals surface area contributed by atoms with Gasteiger partial charge in [0.2, 0.25) is 0 Å². The molecule has 4 rings (SSSR count). The number of alkyl halides is 3. The summed E-state index contributed by atoms with van der Waals surface area (Å²) in [5.74, 6) is -1.70. The predicted octanol–water partition coefficient (Wildman–Crippen LogP) is 4.17. The van der Waals surface area contributed by atoms with Crippen molar-refractivity contribution >= 4 is 27.4 Å². The Labute approximate surface area is 186 Å². The zero-order valence-electron chi connectivity index (χ0n) is 16.7. The number of aliphatic hydroxyl groups is 1. The van der Waals surface area contributed by atoms with Crippen molar-refractivity contribution in [2.75, 3.05) is 5.32 Å². The smallest absolute Gasteiger partial charge is 0.416 e. The van der Waals surface area contributed by atoms with Gasteiger partial charge in [-0.2, -0.15) is 13.2 Å². The zero-order valence-corrected chi connectivity index (χ0v) is 17.6. The molecule has 0 aliphatic carbocycles. The Morgan fingerprint density at radius 3 is 2.42 bits per heavy atom. The Hall–Kier alpha value is -3.86. The van der Waals surface area contributed by atoms with Gasteiger partial charge in [0, 0.05) is 23.6 Å². The van der Waals surface area contributed by atoms with Gasteiger partial charge in [-0.1, -0.05) is 18.2 Å². The lowest BCUT2D eigenvalue weighted by Crippen LogP contribution is -2.39. The predicted molar refractivity (Wildman–Crippen MR) is 113 cm³/mol. The highest BCUT2D eigenvalue weighted by molar-refractivity contribution is 7.89. The molecule has 1 aromatic heterocycles. The number of fused-ring (bicyclic) bond motifs is 1. The summed E-state index contributed by atoms with van der Waals surface area (Å²) in [5.41, 5.74) is -1.42. The molecule has 2 aromatic carbocycles. The Bertz CT molecular complexity index is 1360. The monoisotopic (exact) mass is 475 g/mol. The fraction of sp³-hybridized carbons (Fsp3) is 0.0909. The number of aliphatic hydroxyl groups excluding tert-OH is 1. The van der Waals surface area contributed by atoms with Gasteiger partial charge in [0.25, 0.3) is 15.9 Å². The van der Waals surface area contributed by atoms with Crippen molar-refractivity contribution in [3.63, 3.8) is 0 Å². The summed E-state index contributed by atoms with van der Waals surface area (Å²) in [7, 11) is -4.28. The van der Waals surface area contributed by atoms with E-state index in [1.165, 1.54) is 54.9 Å². The second kappa shape index (κ2) is 8.24. The molecule has 0 saturated carbocycles. The first kappa shape index (κ1) is 22.3. The van der Waals surface area contributed by atoms with E-state index in [1.54, 1.807) is 0 Å². The number of halogens is 3. The number of nitrogens with zero attached hydrogens (tertiary/aromatic N) is 2. The van der Waals surface area contributed by atoms with Crippen LogP contribution in [-0.4, -0.2) is 28.7 Å². The summed E-state index contributed by atoms with van der Waals surface area (Å²) in [4.78, 5) is 16.8. The average molecular weight is 475 g/mol. The Morgan fingerprint density at radius 1 is 1.03 bits per heavy atom. The highest BCUT2D eigenvalue weighted by atomic mass is 32.2. The van der Waals surface area contributed by atoms with Gasteiger partial charge in [0.1, 0.15) is 0 Å². The molecule has 33 heavy (non-hydrogen) atoms. The molecule has 0 fully saturated rings. The average Bonchev–Trinajstić information content (AvgIpc) is 2.78. The number of hydrogen-bond acceptors (Lipinski definition) is 5. The van der Waals surface area contributed by atoms with Crippen molar-refractivity contribution in [1.29, 1.82) is 0 Å². The molecule has 0 bridgehead atoms. The molecule has 7 nitrogen and oxygen atoms in total. The first-order valence-electron chi connectivity index (χ1n) is 9.52. The lowest BCUT2D eigenvalue weighted by Gasteiger charge is -2.31. The molecule has 170 valence electrons. The molecule has 1 aliphatic rings. The number of amides is 1. The van der Waals surface area contributed by atoms with Crippen molar-refractivity contribution in [3.8, 4) is 0 Å². The van der Waals surface area contributed by atoms with Crippen LogP contribution < -0.4 is 5.32 Å². The molecular weight excluding hydrogens is 459 g/mol. The van der Waals surface area contributed by atoms with Gasteiger partial charge in [0.15, 0.2) is 11.5 Å². The zero-order chi connectivity index (χ0) is 23.8. The van der Waals surface area contributed by atoms with E-state index in [1.807, 2.05) is 0 Å². The second-order valence-electron chi connectivity index (χ2n) is 7.09. The molecule has 1 aliphatic heterocycles. The highest BCUT2D eigenvalue weighted by Gasteiger charge is 2.40. The lowest BCUT2D eigenvalue weighted by molar-refractivity contribution is -0.137. The molecule has 2 N–H and O–H groups in total. The second-order valence-corrected chi connectivity index (χ2v) is 8.92. The molecule has 0 radical (unpaired) electrons. The fourth-order valence-corrected chi connectivity index (χ4v) is 5.03. The van der Waals surface area contributed by atoms with Crippen LogP contribution in [0.4, 0.5) is 18.9 Å². The van der Waals surface area contributed by atoms with Crippen LogP contribution in [-0.2, 0) is 27.5 Å². The van der Waals surface area contributed by atoms with Gasteiger partial charge >= 0.3 is 6.18 Å². The number of anilines is 1. The fourth-order valence-electron chi connectivity index (χ4n) is 3.37. The lowest BCUT2D eigenvalue weighted by atomic mass is 10.1. The standard InChI is InChI=1S/C22H16F3N3O4S/c23-22(24,25)15-4-3-5-16(12-15)27-21(30)19-20(29)17-6-1-2-7-18(17)33(31,32)28(19)13-14-8-10-26-11-9-14/h1-12,29H,13H2,(H,27,30). The molecular formula is C22H16F3N3O4S. The Balaban J connectivity index is 1.80. The third-order valence-electron chi connectivity index (χ3n) is 4.92. The van der Waals surface area contributed by atoms with Crippen LogP contribution in [0.5, 0.6) is 0 Å². The Kier molecular flexibility index (Phi) is 5.58. The summed E-state index contributed by atoms with van der Waals surface area (Å²) < 4.78 is 66.5. The van der Waals surface area contributed by atoms with Crippen LogP contribution >= 0.6 is 0 Å². The maximum Gasteiger partial charge on any atom is 0.416 e. The molecule has 0 spiro atoms. The summed E-state index contributed by atoms with van der Waals surface area (Å²) in [6.07, 6.45) is -1.76. The van der Waals surface area contributed by atoms with Gasteiger partial charge < -0.3 is 10.4 Å². The van der Waals surface area contributed by atoms with Crippen molar-refractivity contribution in [1.82, 2.24) is 9.29 Å². The third-order valence-corrected chi connectivity index (χ3v) is 6.73. The van der Waals surface area contributed by atoms with Crippen LogP contribution in [0.3, 0.4) is 0 Å². The molecule has 2 heterocycles. The topological polar surface area (TPSA) is 99.6 Å². The van der Waals surface area contributed by atoms with Crippen molar-refractivity contribution in [3.05, 3.63) is 95.4 Å². The number of nitrogens with one attached hydrogen (secondary N) is 1. The molecule has 0 saturated heterocycles. The number of rotatable bonds is 4. The van der Waals surface area contributed by atoms with E-state index in [-0.39, 0.29) is 22.7 Å². The van der Waals surface area contributed by atoms with E-state index in [4.69, 9.17) is 0 Å². The van der Waals surface area contributed by atoms with Gasteiger partial charge in [-0.25, -0.2) is 8.42 Å². The van der Waals surface area contributed by atoms with E-state index in [0.29, 0.717) is 11.6 Å². The number of benzene rings is 2. The van der Waals surface area contributed by atoms with Crippen LogP contribution in [0.2, 0.25) is 0 Å². The largest absolute Gasteiger partial charge is 0.505 e. The minimum atomic E-state index is -4.64.